The van der Waals surface area contributed by atoms with E-state index in [4.69, 9.17) is 20.8 Å². The zero-order valence-corrected chi connectivity index (χ0v) is 20.3. The summed E-state index contributed by atoms with van der Waals surface area (Å²) in [5, 5.41) is 12.7. The molecule has 1 aliphatic rings. The van der Waals surface area contributed by atoms with Gasteiger partial charge in [-0.2, -0.15) is 0 Å². The van der Waals surface area contributed by atoms with Crippen LogP contribution >= 0.6 is 11.6 Å². The molecule has 1 fully saturated rings. The van der Waals surface area contributed by atoms with Crippen molar-refractivity contribution in [2.45, 2.75) is 13.0 Å². The summed E-state index contributed by atoms with van der Waals surface area (Å²) in [4.78, 5) is 29.5. The molecule has 1 atom stereocenters. The van der Waals surface area contributed by atoms with Gasteiger partial charge in [0.25, 0.3) is 5.91 Å². The van der Waals surface area contributed by atoms with E-state index in [9.17, 15) is 19.1 Å². The van der Waals surface area contributed by atoms with Crippen molar-refractivity contribution < 1.29 is 23.4 Å². The highest BCUT2D eigenvalue weighted by molar-refractivity contribution is 6.31. The summed E-state index contributed by atoms with van der Waals surface area (Å²) in [5.41, 5.74) is 1.52. The number of carbonyl (C=O) groups is 1. The Balaban J connectivity index is 1.82. The molecular weight excluding hydrogens is 477 g/mol. The van der Waals surface area contributed by atoms with E-state index in [1.54, 1.807) is 19.2 Å². The number of nitrogens with one attached hydrogen (secondary N) is 1. The van der Waals surface area contributed by atoms with Gasteiger partial charge in [0.15, 0.2) is 11.3 Å². The number of hydrogen-bond donors (Lipinski definition) is 2. The molecule has 0 radical (unpaired) electrons. The molecule has 8 nitrogen and oxygen atoms in total. The van der Waals surface area contributed by atoms with Crippen LogP contribution in [0.4, 0.5) is 16.0 Å². The van der Waals surface area contributed by atoms with E-state index in [0.29, 0.717) is 54.6 Å². The van der Waals surface area contributed by atoms with E-state index in [1.165, 1.54) is 29.2 Å². The fourth-order valence-electron chi connectivity index (χ4n) is 4.04. The molecule has 1 saturated heterocycles. The summed E-state index contributed by atoms with van der Waals surface area (Å²) >= 11 is 5.94. The number of morpholine rings is 1. The number of amides is 1. The second-order valence-electron chi connectivity index (χ2n) is 8.44. The lowest BCUT2D eigenvalue weighted by molar-refractivity contribution is 0.0767. The second kappa shape index (κ2) is 10.6. The second-order valence-corrected chi connectivity index (χ2v) is 8.84. The minimum Gasteiger partial charge on any atom is -0.440 e. The number of rotatable bonds is 7. The third-order valence-corrected chi connectivity index (χ3v) is 6.26. The minimum atomic E-state index is -0.531. The molecular formula is C25H27ClFN3O5. The molecule has 4 rings (SSSR count). The predicted octanol–water partition coefficient (Wildman–Crippen LogP) is 3.66. The van der Waals surface area contributed by atoms with Crippen LogP contribution in [0.5, 0.6) is 0 Å². The third-order valence-electron chi connectivity index (χ3n) is 5.97. The molecule has 2 aromatic carbocycles. The first kappa shape index (κ1) is 25.0. The Labute approximate surface area is 206 Å². The molecule has 1 unspecified atom stereocenters. The number of ether oxygens (including phenoxy) is 1. The summed E-state index contributed by atoms with van der Waals surface area (Å²) in [7, 11) is 1.58. The van der Waals surface area contributed by atoms with Crippen LogP contribution in [0.25, 0.3) is 11.0 Å². The van der Waals surface area contributed by atoms with Gasteiger partial charge in [0.1, 0.15) is 11.4 Å². The minimum absolute atomic E-state index is 0.0252. The molecule has 2 heterocycles. The number of aliphatic hydroxyl groups is 1. The Hall–Kier alpha value is -3.14. The number of aliphatic hydroxyl groups excluding tert-OH is 1. The average molecular weight is 504 g/mol. The maximum absolute atomic E-state index is 13.6. The van der Waals surface area contributed by atoms with Crippen LogP contribution < -0.4 is 15.6 Å². The summed E-state index contributed by atoms with van der Waals surface area (Å²) < 4.78 is 25.3. The molecule has 2 N–H and O–H groups in total. The highest BCUT2D eigenvalue weighted by Crippen LogP contribution is 2.31. The molecule has 3 aromatic rings. The predicted molar refractivity (Wildman–Crippen MR) is 133 cm³/mol. The van der Waals surface area contributed by atoms with Crippen LogP contribution in [0.2, 0.25) is 5.02 Å². The van der Waals surface area contributed by atoms with Gasteiger partial charge >= 0.3 is 0 Å². The first-order valence-corrected chi connectivity index (χ1v) is 11.7. The van der Waals surface area contributed by atoms with Crippen molar-refractivity contribution in [3.05, 3.63) is 68.6 Å². The molecule has 10 heteroatoms. The Kier molecular flexibility index (Phi) is 7.59. The van der Waals surface area contributed by atoms with Crippen LogP contribution in [0.3, 0.4) is 0 Å². The van der Waals surface area contributed by atoms with Crippen molar-refractivity contribution in [1.82, 2.24) is 4.90 Å². The largest absolute Gasteiger partial charge is 0.440 e. The van der Waals surface area contributed by atoms with Crippen LogP contribution in [-0.4, -0.2) is 62.4 Å². The number of likely N-dealkylation sites (N-methyl/N-ethyl adjacent to an activating group) is 1. The molecule has 0 aliphatic carbocycles. The normalized spacial score (nSPS) is 14.7. The number of carbonyl (C=O) groups excluding carboxylic acids is 1. The number of hydrogen-bond acceptors (Lipinski definition) is 7. The van der Waals surface area contributed by atoms with Gasteiger partial charge in [-0.25, -0.2) is 4.39 Å². The van der Waals surface area contributed by atoms with Crippen molar-refractivity contribution in [1.29, 1.82) is 0 Å². The highest BCUT2D eigenvalue weighted by Gasteiger charge is 2.22. The molecule has 35 heavy (non-hydrogen) atoms. The summed E-state index contributed by atoms with van der Waals surface area (Å²) in [6.45, 7) is 4.06. The Morgan fingerprint density at radius 2 is 2.00 bits per heavy atom. The van der Waals surface area contributed by atoms with E-state index in [2.05, 4.69) is 5.32 Å². The smallest absolute Gasteiger partial charge is 0.253 e. The SMILES string of the molecule is CC(Nc1ccc(F)c(Cl)c1)c1cc(C(=O)N(C)CCO)cc2c(=O)cc(N3CCOCC3)oc12. The van der Waals surface area contributed by atoms with E-state index in [0.717, 1.165) is 0 Å². The van der Waals surface area contributed by atoms with Crippen molar-refractivity contribution in [3.63, 3.8) is 0 Å². The zero-order valence-electron chi connectivity index (χ0n) is 19.5. The lowest BCUT2D eigenvalue weighted by atomic mass is 9.99. The van der Waals surface area contributed by atoms with Gasteiger partial charge in [0, 0.05) is 49.6 Å². The van der Waals surface area contributed by atoms with Gasteiger partial charge in [-0.3, -0.25) is 9.59 Å². The summed E-state index contributed by atoms with van der Waals surface area (Å²) in [5.74, 6) is -0.438. The van der Waals surface area contributed by atoms with Crippen molar-refractivity contribution >= 4 is 40.0 Å². The number of anilines is 2. The molecule has 1 aliphatic heterocycles. The maximum Gasteiger partial charge on any atom is 0.253 e. The van der Waals surface area contributed by atoms with Crippen LogP contribution in [0, 0.1) is 5.82 Å². The lowest BCUT2D eigenvalue weighted by Gasteiger charge is -2.27. The average Bonchev–Trinajstić information content (AvgIpc) is 2.86. The number of benzene rings is 2. The topological polar surface area (TPSA) is 95.3 Å². The Morgan fingerprint density at radius 3 is 2.69 bits per heavy atom. The van der Waals surface area contributed by atoms with Gasteiger partial charge < -0.3 is 29.4 Å². The molecule has 0 saturated carbocycles. The first-order chi connectivity index (χ1) is 16.8. The number of fused-ring (bicyclic) bond motifs is 1. The van der Waals surface area contributed by atoms with Crippen molar-refractivity contribution in [2.75, 3.05) is 56.7 Å². The van der Waals surface area contributed by atoms with Gasteiger partial charge in [-0.05, 0) is 37.3 Å². The standard InChI is InChI=1S/C25H27ClFN3O5/c1-15(28-17-3-4-21(27)20(26)13-17)18-11-16(25(33)29(2)5-8-31)12-19-22(32)14-23(35-24(18)19)30-6-9-34-10-7-30/h3-4,11-15,28,31H,5-10H2,1-2H3. The molecule has 0 spiro atoms. The monoisotopic (exact) mass is 503 g/mol. The first-order valence-electron chi connectivity index (χ1n) is 11.3. The third kappa shape index (κ3) is 5.42. The van der Waals surface area contributed by atoms with Gasteiger partial charge in [0.05, 0.1) is 36.3 Å². The summed E-state index contributed by atoms with van der Waals surface area (Å²) in [6, 6.07) is 8.47. The Bertz CT molecular complexity index is 1290. The quantitative estimate of drug-likeness (QED) is 0.508. The zero-order chi connectivity index (χ0) is 25.1. The van der Waals surface area contributed by atoms with Crippen molar-refractivity contribution in [2.24, 2.45) is 0 Å². The van der Waals surface area contributed by atoms with E-state index >= 15 is 0 Å². The van der Waals surface area contributed by atoms with Gasteiger partial charge in [0.2, 0.25) is 0 Å². The number of nitrogens with zero attached hydrogens (tertiary/aromatic N) is 2. The fourth-order valence-corrected chi connectivity index (χ4v) is 4.22. The maximum atomic E-state index is 13.6. The molecule has 0 bridgehead atoms. The fraction of sp³-hybridized carbons (Fsp3) is 0.360. The van der Waals surface area contributed by atoms with Gasteiger partial charge in [-0.15, -0.1) is 0 Å². The molecule has 1 amide bonds. The number of halogens is 2. The van der Waals surface area contributed by atoms with E-state index in [-0.39, 0.29) is 34.9 Å². The van der Waals surface area contributed by atoms with E-state index < -0.39 is 11.9 Å². The van der Waals surface area contributed by atoms with Crippen LogP contribution in [-0.2, 0) is 4.74 Å². The van der Waals surface area contributed by atoms with Crippen LogP contribution in [0.1, 0.15) is 28.9 Å². The molecule has 186 valence electrons. The van der Waals surface area contributed by atoms with Crippen molar-refractivity contribution in [3.8, 4) is 0 Å². The van der Waals surface area contributed by atoms with Crippen LogP contribution in [0.15, 0.2) is 45.6 Å². The van der Waals surface area contributed by atoms with E-state index in [1.807, 2.05) is 11.8 Å². The Morgan fingerprint density at radius 1 is 1.26 bits per heavy atom. The highest BCUT2D eigenvalue weighted by atomic mass is 35.5. The summed E-state index contributed by atoms with van der Waals surface area (Å²) in [6.07, 6.45) is 0. The lowest BCUT2D eigenvalue weighted by Crippen LogP contribution is -2.36. The van der Waals surface area contributed by atoms with Gasteiger partial charge in [-0.1, -0.05) is 11.6 Å². The molecule has 1 aromatic heterocycles.